The highest BCUT2D eigenvalue weighted by molar-refractivity contribution is 6.31. The van der Waals surface area contributed by atoms with Crippen LogP contribution in [0, 0.1) is 0 Å². The lowest BCUT2D eigenvalue weighted by Crippen LogP contribution is -2.19. The minimum atomic E-state index is -0.0473. The molecule has 14 heavy (non-hydrogen) atoms. The molecule has 0 unspecified atom stereocenters. The van der Waals surface area contributed by atoms with Gasteiger partial charge in [-0.2, -0.15) is 0 Å². The molecule has 1 heterocycles. The molecule has 1 aromatic rings. The van der Waals surface area contributed by atoms with E-state index in [2.05, 4.69) is 11.9 Å². The molecule has 0 spiro atoms. The van der Waals surface area contributed by atoms with E-state index in [4.69, 9.17) is 16.7 Å². The molecule has 0 saturated heterocycles. The zero-order chi connectivity index (χ0) is 10.6. The molecule has 0 bridgehead atoms. The maximum atomic E-state index is 9.02. The van der Waals surface area contributed by atoms with Crippen LogP contribution in [0.25, 0.3) is 0 Å². The third-order valence-corrected chi connectivity index (χ3v) is 2.38. The molecule has 0 radical (unpaired) electrons. The van der Waals surface area contributed by atoms with Crippen LogP contribution in [0.2, 0.25) is 5.02 Å². The first-order valence-electron chi connectivity index (χ1n) is 4.65. The van der Waals surface area contributed by atoms with Crippen LogP contribution < -0.4 is 4.90 Å². The van der Waals surface area contributed by atoms with Gasteiger partial charge in [-0.25, -0.2) is 4.98 Å². The van der Waals surface area contributed by atoms with Gasteiger partial charge in [0.05, 0.1) is 11.6 Å². The summed E-state index contributed by atoms with van der Waals surface area (Å²) in [4.78, 5) is 6.23. The number of aliphatic hydroxyl groups excluding tert-OH is 1. The number of pyridine rings is 1. The lowest BCUT2D eigenvalue weighted by atomic mass is 10.2. The second kappa shape index (κ2) is 5.17. The van der Waals surface area contributed by atoms with Gasteiger partial charge in [0.2, 0.25) is 0 Å². The van der Waals surface area contributed by atoms with Crippen molar-refractivity contribution >= 4 is 17.4 Å². The molecule has 0 amide bonds. The highest BCUT2D eigenvalue weighted by Crippen LogP contribution is 2.19. The van der Waals surface area contributed by atoms with E-state index >= 15 is 0 Å². The quantitative estimate of drug-likeness (QED) is 0.834. The highest BCUT2D eigenvalue weighted by Gasteiger charge is 2.05. The van der Waals surface area contributed by atoms with Gasteiger partial charge in [-0.1, -0.05) is 18.5 Å². The molecule has 0 atom stereocenters. The average Bonchev–Trinajstić information content (AvgIpc) is 2.19. The molecule has 4 heteroatoms. The number of aliphatic hydroxyl groups is 1. The molecule has 78 valence electrons. The fraction of sp³-hybridized carbons (Fsp3) is 0.500. The predicted molar refractivity (Wildman–Crippen MR) is 58.7 cm³/mol. The highest BCUT2D eigenvalue weighted by atomic mass is 35.5. The lowest BCUT2D eigenvalue weighted by Gasteiger charge is -2.17. The minimum Gasteiger partial charge on any atom is -0.392 e. The number of anilines is 1. The maximum Gasteiger partial charge on any atom is 0.128 e. The molecule has 1 rings (SSSR count). The second-order valence-corrected chi connectivity index (χ2v) is 3.62. The van der Waals surface area contributed by atoms with Crippen molar-refractivity contribution in [3.63, 3.8) is 0 Å². The standard InChI is InChI=1S/C10H15ClN2O/c1-3-4-13(2)10-5-8(7-14)9(11)6-12-10/h5-6,14H,3-4,7H2,1-2H3. The normalized spacial score (nSPS) is 10.3. The first-order chi connectivity index (χ1) is 6.69. The minimum absolute atomic E-state index is 0.0473. The number of rotatable bonds is 4. The zero-order valence-electron chi connectivity index (χ0n) is 8.50. The summed E-state index contributed by atoms with van der Waals surface area (Å²) in [5, 5.41) is 9.54. The van der Waals surface area contributed by atoms with Crippen LogP contribution in [0.15, 0.2) is 12.3 Å². The van der Waals surface area contributed by atoms with E-state index in [1.54, 1.807) is 6.20 Å². The summed E-state index contributed by atoms with van der Waals surface area (Å²) in [7, 11) is 1.97. The van der Waals surface area contributed by atoms with Crippen molar-refractivity contribution < 1.29 is 5.11 Å². The number of hydrogen-bond donors (Lipinski definition) is 1. The average molecular weight is 215 g/mol. The molecule has 1 aromatic heterocycles. The Morgan fingerprint density at radius 3 is 2.86 bits per heavy atom. The van der Waals surface area contributed by atoms with Crippen LogP contribution >= 0.6 is 11.6 Å². The SMILES string of the molecule is CCCN(C)c1cc(CO)c(Cl)cn1. The maximum absolute atomic E-state index is 9.02. The van der Waals surface area contributed by atoms with Gasteiger partial charge < -0.3 is 10.0 Å². The van der Waals surface area contributed by atoms with E-state index in [9.17, 15) is 0 Å². The van der Waals surface area contributed by atoms with Gasteiger partial charge in [0.15, 0.2) is 0 Å². The molecule has 0 aliphatic rings. The van der Waals surface area contributed by atoms with Gasteiger partial charge >= 0.3 is 0 Å². The van der Waals surface area contributed by atoms with Gasteiger partial charge in [0, 0.05) is 25.4 Å². The molecule has 0 aliphatic heterocycles. The number of nitrogens with zero attached hydrogens (tertiary/aromatic N) is 2. The summed E-state index contributed by atoms with van der Waals surface area (Å²) in [6.45, 7) is 3.01. The van der Waals surface area contributed by atoms with Crippen LogP contribution in [-0.2, 0) is 6.61 Å². The largest absolute Gasteiger partial charge is 0.392 e. The van der Waals surface area contributed by atoms with E-state index < -0.39 is 0 Å². The second-order valence-electron chi connectivity index (χ2n) is 3.21. The Labute approximate surface area is 89.3 Å². The monoisotopic (exact) mass is 214 g/mol. The van der Waals surface area contributed by atoms with Gasteiger partial charge in [-0.3, -0.25) is 0 Å². The Bertz CT molecular complexity index is 304. The van der Waals surface area contributed by atoms with Crippen molar-refractivity contribution in [3.8, 4) is 0 Å². The Morgan fingerprint density at radius 1 is 1.57 bits per heavy atom. The Balaban J connectivity index is 2.88. The van der Waals surface area contributed by atoms with Crippen molar-refractivity contribution in [2.45, 2.75) is 20.0 Å². The molecule has 0 aliphatic carbocycles. The van der Waals surface area contributed by atoms with E-state index in [0.29, 0.717) is 5.02 Å². The third-order valence-electron chi connectivity index (χ3n) is 2.04. The van der Waals surface area contributed by atoms with Gasteiger partial charge in [0.1, 0.15) is 5.82 Å². The van der Waals surface area contributed by atoms with E-state index in [-0.39, 0.29) is 6.61 Å². The van der Waals surface area contributed by atoms with E-state index in [1.165, 1.54) is 0 Å². The van der Waals surface area contributed by atoms with Crippen LogP contribution in [0.4, 0.5) is 5.82 Å². The number of hydrogen-bond acceptors (Lipinski definition) is 3. The van der Waals surface area contributed by atoms with Crippen molar-refractivity contribution in [2.75, 3.05) is 18.5 Å². The van der Waals surface area contributed by atoms with Gasteiger partial charge in [-0.15, -0.1) is 0 Å². The van der Waals surface area contributed by atoms with Crippen LogP contribution in [-0.4, -0.2) is 23.7 Å². The summed E-state index contributed by atoms with van der Waals surface area (Å²) in [5.41, 5.74) is 0.722. The first-order valence-corrected chi connectivity index (χ1v) is 5.03. The Morgan fingerprint density at radius 2 is 2.29 bits per heavy atom. The van der Waals surface area contributed by atoms with E-state index in [0.717, 1.165) is 24.3 Å². The summed E-state index contributed by atoms with van der Waals surface area (Å²) < 4.78 is 0. The molecular formula is C10H15ClN2O. The zero-order valence-corrected chi connectivity index (χ0v) is 9.25. The lowest BCUT2D eigenvalue weighted by molar-refractivity contribution is 0.282. The van der Waals surface area contributed by atoms with Crippen LogP contribution in [0.1, 0.15) is 18.9 Å². The molecule has 3 nitrogen and oxygen atoms in total. The van der Waals surface area contributed by atoms with E-state index in [1.807, 2.05) is 18.0 Å². The molecule has 1 N–H and O–H groups in total. The molecular weight excluding hydrogens is 200 g/mol. The predicted octanol–water partition coefficient (Wildman–Crippen LogP) is 2.07. The molecule has 0 aromatic carbocycles. The van der Waals surface area contributed by atoms with Crippen molar-refractivity contribution in [1.29, 1.82) is 0 Å². The van der Waals surface area contributed by atoms with Crippen LogP contribution in [0.5, 0.6) is 0 Å². The Kier molecular flexibility index (Phi) is 4.17. The van der Waals surface area contributed by atoms with Gasteiger partial charge in [0.25, 0.3) is 0 Å². The van der Waals surface area contributed by atoms with Gasteiger partial charge in [-0.05, 0) is 12.5 Å². The summed E-state index contributed by atoms with van der Waals surface area (Å²) in [6.07, 6.45) is 2.64. The third kappa shape index (κ3) is 2.59. The van der Waals surface area contributed by atoms with Crippen molar-refractivity contribution in [2.24, 2.45) is 0 Å². The smallest absolute Gasteiger partial charge is 0.128 e. The Hall–Kier alpha value is -0.800. The van der Waals surface area contributed by atoms with Crippen molar-refractivity contribution in [1.82, 2.24) is 4.98 Å². The first kappa shape index (κ1) is 11.3. The summed E-state index contributed by atoms with van der Waals surface area (Å²) in [5.74, 6) is 0.848. The van der Waals surface area contributed by atoms with Crippen molar-refractivity contribution in [3.05, 3.63) is 22.8 Å². The fourth-order valence-electron chi connectivity index (χ4n) is 1.25. The topological polar surface area (TPSA) is 36.4 Å². The summed E-state index contributed by atoms with van der Waals surface area (Å²) in [6, 6.07) is 1.82. The molecule has 0 fully saturated rings. The number of halogens is 1. The number of aromatic nitrogens is 1. The fourth-order valence-corrected chi connectivity index (χ4v) is 1.41. The summed E-state index contributed by atoms with van der Waals surface area (Å²) >= 11 is 5.84. The van der Waals surface area contributed by atoms with Crippen LogP contribution in [0.3, 0.4) is 0 Å². The molecule has 0 saturated carbocycles.